The summed E-state index contributed by atoms with van der Waals surface area (Å²) >= 11 is 1.45. The van der Waals surface area contributed by atoms with E-state index in [4.69, 9.17) is 4.74 Å². The minimum absolute atomic E-state index is 0.267. The maximum absolute atomic E-state index is 11.5. The van der Waals surface area contributed by atoms with Gasteiger partial charge in [-0.25, -0.2) is 9.78 Å². The van der Waals surface area contributed by atoms with Crippen molar-refractivity contribution in [3.63, 3.8) is 0 Å². The third-order valence-corrected chi connectivity index (χ3v) is 3.33. The molecule has 0 aliphatic heterocycles. The smallest absolute Gasteiger partial charge is 0.349 e. The number of esters is 1. The molecule has 0 fully saturated rings. The van der Waals surface area contributed by atoms with Crippen LogP contribution >= 0.6 is 11.3 Å². The average molecular weight is 242 g/mol. The molecule has 0 spiro atoms. The zero-order valence-corrected chi connectivity index (χ0v) is 10.8. The molecule has 0 bridgehead atoms. The highest BCUT2D eigenvalue weighted by Gasteiger charge is 2.17. The summed E-state index contributed by atoms with van der Waals surface area (Å²) in [5.41, 5.74) is 0.880. The second-order valence-electron chi connectivity index (χ2n) is 3.48. The van der Waals surface area contributed by atoms with Gasteiger partial charge in [-0.3, -0.25) is 0 Å². The lowest BCUT2D eigenvalue weighted by Crippen LogP contribution is -2.10. The van der Waals surface area contributed by atoms with Crippen molar-refractivity contribution < 1.29 is 9.53 Å². The van der Waals surface area contributed by atoms with E-state index in [2.05, 4.69) is 17.2 Å². The number of aromatic nitrogens is 1. The lowest BCUT2D eigenvalue weighted by atomic mass is 10.2. The van der Waals surface area contributed by atoms with E-state index in [1.165, 1.54) is 18.4 Å². The van der Waals surface area contributed by atoms with Gasteiger partial charge in [0.25, 0.3) is 0 Å². The number of rotatable bonds is 6. The van der Waals surface area contributed by atoms with Gasteiger partial charge in [-0.15, -0.1) is 11.3 Å². The molecule has 5 heteroatoms. The number of methoxy groups -OCH3 is 1. The standard InChI is InChI=1S/C11H18N2O2S/c1-4-5-8-10(11(14)15-3)16-9(13-8)6-7-12-2/h12H,4-7H2,1-3H3. The molecule has 16 heavy (non-hydrogen) atoms. The van der Waals surface area contributed by atoms with Gasteiger partial charge in [0.2, 0.25) is 0 Å². The highest BCUT2D eigenvalue weighted by molar-refractivity contribution is 7.13. The van der Waals surface area contributed by atoms with E-state index in [9.17, 15) is 4.79 Å². The van der Waals surface area contributed by atoms with Crippen LogP contribution in [0.4, 0.5) is 0 Å². The van der Waals surface area contributed by atoms with Crippen molar-refractivity contribution in [1.82, 2.24) is 10.3 Å². The van der Waals surface area contributed by atoms with Crippen LogP contribution in [-0.4, -0.2) is 31.7 Å². The minimum atomic E-state index is -0.267. The number of thiazole rings is 1. The second-order valence-corrected chi connectivity index (χ2v) is 4.56. The third kappa shape index (κ3) is 3.28. The molecule has 1 rings (SSSR count). The van der Waals surface area contributed by atoms with E-state index in [1.807, 2.05) is 7.05 Å². The Balaban J connectivity index is 2.86. The first-order valence-electron chi connectivity index (χ1n) is 5.44. The molecule has 0 saturated heterocycles. The van der Waals surface area contributed by atoms with Crippen LogP contribution in [0, 0.1) is 0 Å². The van der Waals surface area contributed by atoms with E-state index in [0.29, 0.717) is 4.88 Å². The number of likely N-dealkylation sites (N-methyl/N-ethyl adjacent to an activating group) is 1. The van der Waals surface area contributed by atoms with Crippen LogP contribution < -0.4 is 5.32 Å². The predicted molar refractivity (Wildman–Crippen MR) is 65.1 cm³/mol. The summed E-state index contributed by atoms with van der Waals surface area (Å²) in [5, 5.41) is 4.07. The number of ether oxygens (including phenoxy) is 1. The van der Waals surface area contributed by atoms with Crippen molar-refractivity contribution in [2.24, 2.45) is 0 Å². The summed E-state index contributed by atoms with van der Waals surface area (Å²) in [5.74, 6) is -0.267. The molecule has 0 aliphatic carbocycles. The van der Waals surface area contributed by atoms with Crippen LogP contribution in [0.5, 0.6) is 0 Å². The maximum atomic E-state index is 11.5. The fourth-order valence-electron chi connectivity index (χ4n) is 1.40. The van der Waals surface area contributed by atoms with E-state index >= 15 is 0 Å². The number of nitrogens with one attached hydrogen (secondary N) is 1. The van der Waals surface area contributed by atoms with E-state index in [1.54, 1.807) is 0 Å². The molecule has 4 nitrogen and oxygen atoms in total. The van der Waals surface area contributed by atoms with Gasteiger partial charge in [0.05, 0.1) is 17.8 Å². The molecule has 1 aromatic rings. The summed E-state index contributed by atoms with van der Waals surface area (Å²) < 4.78 is 4.76. The number of nitrogens with zero attached hydrogens (tertiary/aromatic N) is 1. The molecule has 0 saturated carbocycles. The topological polar surface area (TPSA) is 51.2 Å². The monoisotopic (exact) mass is 242 g/mol. The quantitative estimate of drug-likeness (QED) is 0.771. The number of carbonyl (C=O) groups excluding carboxylic acids is 1. The van der Waals surface area contributed by atoms with Crippen LogP contribution in [0.25, 0.3) is 0 Å². The first-order valence-corrected chi connectivity index (χ1v) is 6.26. The highest BCUT2D eigenvalue weighted by Crippen LogP contribution is 2.21. The van der Waals surface area contributed by atoms with E-state index < -0.39 is 0 Å². The van der Waals surface area contributed by atoms with Crippen molar-refractivity contribution in [1.29, 1.82) is 0 Å². The maximum Gasteiger partial charge on any atom is 0.349 e. The Labute approximate surface area is 100 Å². The molecule has 1 N–H and O–H groups in total. The average Bonchev–Trinajstić information content (AvgIpc) is 2.69. The van der Waals surface area contributed by atoms with Gasteiger partial charge < -0.3 is 10.1 Å². The van der Waals surface area contributed by atoms with E-state index in [0.717, 1.165) is 36.5 Å². The molecule has 0 amide bonds. The van der Waals surface area contributed by atoms with Crippen molar-refractivity contribution in [2.75, 3.05) is 20.7 Å². The highest BCUT2D eigenvalue weighted by atomic mass is 32.1. The van der Waals surface area contributed by atoms with Gasteiger partial charge in [-0.05, 0) is 13.5 Å². The van der Waals surface area contributed by atoms with Gasteiger partial charge in [-0.1, -0.05) is 13.3 Å². The Morgan fingerprint density at radius 3 is 2.81 bits per heavy atom. The molecule has 0 aromatic carbocycles. The van der Waals surface area contributed by atoms with Gasteiger partial charge in [0.15, 0.2) is 0 Å². The lowest BCUT2D eigenvalue weighted by molar-refractivity contribution is 0.0605. The van der Waals surface area contributed by atoms with Crippen LogP contribution in [0.2, 0.25) is 0 Å². The Bertz CT molecular complexity index is 350. The number of aryl methyl sites for hydroxylation is 1. The lowest BCUT2D eigenvalue weighted by Gasteiger charge is -1.97. The molecular formula is C11H18N2O2S. The number of carbonyl (C=O) groups is 1. The molecule has 0 unspecified atom stereocenters. The summed E-state index contributed by atoms with van der Waals surface area (Å²) in [4.78, 5) is 16.7. The molecular weight excluding hydrogens is 224 g/mol. The molecule has 0 radical (unpaired) electrons. The van der Waals surface area contributed by atoms with Crippen molar-refractivity contribution in [3.05, 3.63) is 15.6 Å². The Morgan fingerprint density at radius 2 is 2.25 bits per heavy atom. The van der Waals surface area contributed by atoms with Crippen LogP contribution in [0.1, 0.15) is 33.7 Å². The Morgan fingerprint density at radius 1 is 1.50 bits per heavy atom. The van der Waals surface area contributed by atoms with Crippen molar-refractivity contribution in [2.45, 2.75) is 26.2 Å². The molecule has 90 valence electrons. The molecule has 0 aliphatic rings. The van der Waals surface area contributed by atoms with Crippen molar-refractivity contribution in [3.8, 4) is 0 Å². The Hall–Kier alpha value is -0.940. The van der Waals surface area contributed by atoms with Gasteiger partial charge in [-0.2, -0.15) is 0 Å². The van der Waals surface area contributed by atoms with E-state index in [-0.39, 0.29) is 5.97 Å². The van der Waals surface area contributed by atoms with Gasteiger partial charge in [0, 0.05) is 13.0 Å². The zero-order chi connectivity index (χ0) is 12.0. The van der Waals surface area contributed by atoms with Crippen LogP contribution in [0.3, 0.4) is 0 Å². The molecule has 1 aromatic heterocycles. The first kappa shape index (κ1) is 13.1. The summed E-state index contributed by atoms with van der Waals surface area (Å²) in [6.45, 7) is 2.95. The van der Waals surface area contributed by atoms with Gasteiger partial charge in [0.1, 0.15) is 4.88 Å². The summed E-state index contributed by atoms with van der Waals surface area (Å²) in [6, 6.07) is 0. The second kappa shape index (κ2) is 6.60. The minimum Gasteiger partial charge on any atom is -0.465 e. The number of hydrogen-bond donors (Lipinski definition) is 1. The largest absolute Gasteiger partial charge is 0.465 e. The van der Waals surface area contributed by atoms with Crippen LogP contribution in [0.15, 0.2) is 0 Å². The molecule has 0 atom stereocenters. The zero-order valence-electron chi connectivity index (χ0n) is 10.0. The summed E-state index contributed by atoms with van der Waals surface area (Å²) in [7, 11) is 3.31. The SMILES string of the molecule is CCCc1nc(CCNC)sc1C(=O)OC. The van der Waals surface area contributed by atoms with Gasteiger partial charge >= 0.3 is 5.97 Å². The summed E-state index contributed by atoms with van der Waals surface area (Å²) in [6.07, 6.45) is 2.68. The molecule has 1 heterocycles. The van der Waals surface area contributed by atoms with Crippen LogP contribution in [-0.2, 0) is 17.6 Å². The predicted octanol–water partition coefficient (Wildman–Crippen LogP) is 1.64. The Kier molecular flexibility index (Phi) is 5.42. The normalized spacial score (nSPS) is 10.4. The fraction of sp³-hybridized carbons (Fsp3) is 0.636. The van der Waals surface area contributed by atoms with Crippen molar-refractivity contribution >= 4 is 17.3 Å². The first-order chi connectivity index (χ1) is 7.72. The number of hydrogen-bond acceptors (Lipinski definition) is 5. The fourth-order valence-corrected chi connectivity index (χ4v) is 2.43. The third-order valence-electron chi connectivity index (χ3n) is 2.19.